The number of hydrogen-bond donors (Lipinski definition) is 4. The Hall–Kier alpha value is -1.75. The van der Waals surface area contributed by atoms with Crippen molar-refractivity contribution in [3.05, 3.63) is 56.4 Å². The Morgan fingerprint density at radius 1 is 1.18 bits per heavy atom. The van der Waals surface area contributed by atoms with Gasteiger partial charge in [-0.05, 0) is 77.4 Å². The summed E-state index contributed by atoms with van der Waals surface area (Å²) in [4.78, 5) is 13.8. The quantitative estimate of drug-likeness (QED) is 0.375. The highest BCUT2D eigenvalue weighted by Crippen LogP contribution is 2.29. The molecule has 1 amide bonds. The van der Waals surface area contributed by atoms with Gasteiger partial charge < -0.3 is 21.3 Å². The molecule has 0 aliphatic rings. The van der Waals surface area contributed by atoms with Crippen molar-refractivity contribution in [3.63, 3.8) is 0 Å². The SMILES string of the molecule is Cc1cc(I)ccc1Nc1c(CCN(CCO)CCO)cc(F)cc1C(N)=O. The summed E-state index contributed by atoms with van der Waals surface area (Å²) in [6.07, 6.45) is 0.420. The van der Waals surface area contributed by atoms with Crippen LogP contribution in [0.2, 0.25) is 0 Å². The van der Waals surface area contributed by atoms with Crippen LogP contribution in [0.5, 0.6) is 0 Å². The lowest BCUT2D eigenvalue weighted by atomic mass is 10.0. The zero-order valence-electron chi connectivity index (χ0n) is 15.7. The molecule has 0 bridgehead atoms. The fraction of sp³-hybridized carbons (Fsp3) is 0.350. The lowest BCUT2D eigenvalue weighted by Gasteiger charge is -2.22. The number of halogens is 2. The Morgan fingerprint density at radius 3 is 2.43 bits per heavy atom. The number of benzene rings is 2. The minimum absolute atomic E-state index is 0.0390. The first kappa shape index (κ1) is 22.5. The molecule has 0 saturated carbocycles. The van der Waals surface area contributed by atoms with E-state index in [1.54, 1.807) is 0 Å². The number of aliphatic hydroxyl groups excluding tert-OH is 2. The van der Waals surface area contributed by atoms with Gasteiger partial charge in [0.1, 0.15) is 5.82 Å². The number of primary amides is 1. The topological polar surface area (TPSA) is 98.8 Å². The monoisotopic (exact) mass is 501 g/mol. The zero-order valence-corrected chi connectivity index (χ0v) is 17.9. The summed E-state index contributed by atoms with van der Waals surface area (Å²) in [6, 6.07) is 8.36. The number of nitrogens with one attached hydrogen (secondary N) is 1. The summed E-state index contributed by atoms with van der Waals surface area (Å²) >= 11 is 2.22. The van der Waals surface area contributed by atoms with E-state index < -0.39 is 11.7 Å². The Bertz CT molecular complexity index is 827. The van der Waals surface area contributed by atoms with Crippen LogP contribution in [0.25, 0.3) is 0 Å². The summed E-state index contributed by atoms with van der Waals surface area (Å²) in [5.41, 5.74) is 8.46. The molecule has 0 heterocycles. The van der Waals surface area contributed by atoms with Crippen molar-refractivity contribution in [2.75, 3.05) is 38.2 Å². The average Bonchev–Trinajstić information content (AvgIpc) is 2.63. The van der Waals surface area contributed by atoms with Crippen molar-refractivity contribution in [1.82, 2.24) is 4.90 Å². The molecule has 152 valence electrons. The van der Waals surface area contributed by atoms with Gasteiger partial charge in [-0.2, -0.15) is 0 Å². The summed E-state index contributed by atoms with van der Waals surface area (Å²) in [7, 11) is 0. The minimum atomic E-state index is -0.714. The lowest BCUT2D eigenvalue weighted by molar-refractivity contribution is 0.100. The molecule has 0 saturated heterocycles. The number of aryl methyl sites for hydroxylation is 1. The number of aliphatic hydroxyl groups is 2. The van der Waals surface area contributed by atoms with Gasteiger partial charge in [-0.1, -0.05) is 0 Å². The summed E-state index contributed by atoms with van der Waals surface area (Å²) in [5, 5.41) is 21.6. The highest BCUT2D eigenvalue weighted by molar-refractivity contribution is 14.1. The number of amides is 1. The predicted octanol–water partition coefficient (Wildman–Crippen LogP) is 2.41. The summed E-state index contributed by atoms with van der Waals surface area (Å²) in [5.74, 6) is -1.25. The number of hydrogen-bond acceptors (Lipinski definition) is 5. The third kappa shape index (κ3) is 6.13. The molecule has 28 heavy (non-hydrogen) atoms. The normalized spacial score (nSPS) is 11.1. The number of carbonyl (C=O) groups is 1. The van der Waals surface area contributed by atoms with Crippen LogP contribution in [0.15, 0.2) is 30.3 Å². The molecule has 6 nitrogen and oxygen atoms in total. The molecule has 0 aliphatic heterocycles. The van der Waals surface area contributed by atoms with Crippen LogP contribution in [-0.2, 0) is 6.42 Å². The molecule has 2 aromatic rings. The van der Waals surface area contributed by atoms with Gasteiger partial charge >= 0.3 is 0 Å². The van der Waals surface area contributed by atoms with Gasteiger partial charge in [-0.15, -0.1) is 0 Å². The Kier molecular flexibility index (Phi) is 8.61. The maximum Gasteiger partial charge on any atom is 0.250 e. The van der Waals surface area contributed by atoms with Crippen molar-refractivity contribution in [3.8, 4) is 0 Å². The first-order valence-electron chi connectivity index (χ1n) is 8.95. The highest BCUT2D eigenvalue weighted by Gasteiger charge is 2.17. The van der Waals surface area contributed by atoms with Gasteiger partial charge in [0.25, 0.3) is 5.91 Å². The second-order valence-corrected chi connectivity index (χ2v) is 7.72. The molecule has 5 N–H and O–H groups in total. The van der Waals surface area contributed by atoms with Gasteiger partial charge in [0, 0.05) is 28.9 Å². The van der Waals surface area contributed by atoms with Crippen molar-refractivity contribution in [2.24, 2.45) is 5.73 Å². The molecule has 0 unspecified atom stereocenters. The van der Waals surface area contributed by atoms with E-state index in [4.69, 9.17) is 15.9 Å². The third-order valence-corrected chi connectivity index (χ3v) is 5.10. The molecule has 0 radical (unpaired) electrons. The van der Waals surface area contributed by atoms with E-state index in [-0.39, 0.29) is 18.8 Å². The van der Waals surface area contributed by atoms with Crippen LogP contribution in [0.1, 0.15) is 21.5 Å². The van der Waals surface area contributed by atoms with E-state index >= 15 is 0 Å². The highest BCUT2D eigenvalue weighted by atomic mass is 127. The maximum absolute atomic E-state index is 14.1. The maximum atomic E-state index is 14.1. The van der Waals surface area contributed by atoms with E-state index in [9.17, 15) is 9.18 Å². The number of nitrogens with zero attached hydrogens (tertiary/aromatic N) is 1. The number of nitrogens with two attached hydrogens (primary N) is 1. The van der Waals surface area contributed by atoms with Crippen LogP contribution in [-0.4, -0.2) is 53.9 Å². The van der Waals surface area contributed by atoms with E-state index in [1.165, 1.54) is 6.07 Å². The molecular formula is C20H25FIN3O3. The van der Waals surface area contributed by atoms with Crippen LogP contribution >= 0.6 is 22.6 Å². The van der Waals surface area contributed by atoms with Gasteiger partial charge in [0.05, 0.1) is 24.5 Å². The lowest BCUT2D eigenvalue weighted by Crippen LogP contribution is -2.32. The molecule has 8 heteroatoms. The number of rotatable bonds is 10. The number of anilines is 2. The van der Waals surface area contributed by atoms with Gasteiger partial charge in [0.15, 0.2) is 0 Å². The fourth-order valence-corrected chi connectivity index (χ4v) is 3.65. The second kappa shape index (κ2) is 10.7. The molecule has 2 aromatic carbocycles. The fourth-order valence-electron chi connectivity index (χ4n) is 3.00. The average molecular weight is 501 g/mol. The second-order valence-electron chi connectivity index (χ2n) is 6.47. The molecule has 0 fully saturated rings. The molecule has 0 atom stereocenters. The first-order chi connectivity index (χ1) is 13.3. The molecular weight excluding hydrogens is 476 g/mol. The van der Waals surface area contributed by atoms with Crippen LogP contribution in [0.4, 0.5) is 15.8 Å². The van der Waals surface area contributed by atoms with Crippen molar-refractivity contribution >= 4 is 39.9 Å². The molecule has 0 spiro atoms. The standard InChI is InChI=1S/C20H25FIN3O3/c1-13-10-16(22)2-3-18(13)24-19-14(4-5-25(6-8-26)7-9-27)11-15(21)12-17(19)20(23)28/h2-3,10-12,24,26-27H,4-9H2,1H3,(H2,23,28). The molecule has 0 aromatic heterocycles. The van der Waals surface area contributed by atoms with Gasteiger partial charge in [-0.25, -0.2) is 4.39 Å². The zero-order chi connectivity index (χ0) is 20.7. The van der Waals surface area contributed by atoms with Crippen LogP contribution in [0.3, 0.4) is 0 Å². The predicted molar refractivity (Wildman–Crippen MR) is 116 cm³/mol. The van der Waals surface area contributed by atoms with E-state index in [2.05, 4.69) is 27.9 Å². The van der Waals surface area contributed by atoms with Crippen molar-refractivity contribution in [2.45, 2.75) is 13.3 Å². The molecule has 0 aliphatic carbocycles. The minimum Gasteiger partial charge on any atom is -0.395 e. The van der Waals surface area contributed by atoms with Crippen molar-refractivity contribution < 1.29 is 19.4 Å². The van der Waals surface area contributed by atoms with Crippen LogP contribution < -0.4 is 11.1 Å². The van der Waals surface area contributed by atoms with Gasteiger partial charge in [0.2, 0.25) is 0 Å². The Labute approximate surface area is 177 Å². The Morgan fingerprint density at radius 2 is 1.86 bits per heavy atom. The van der Waals surface area contributed by atoms with E-state index in [0.717, 1.165) is 20.9 Å². The first-order valence-corrected chi connectivity index (χ1v) is 10.0. The number of carbonyl (C=O) groups excluding carboxylic acids is 1. The van der Waals surface area contributed by atoms with Crippen molar-refractivity contribution in [1.29, 1.82) is 0 Å². The smallest absolute Gasteiger partial charge is 0.250 e. The van der Waals surface area contributed by atoms with E-state index in [1.807, 2.05) is 30.0 Å². The summed E-state index contributed by atoms with van der Waals surface area (Å²) in [6.45, 7) is 3.16. The third-order valence-electron chi connectivity index (χ3n) is 4.43. The molecule has 2 rings (SSSR count). The largest absolute Gasteiger partial charge is 0.395 e. The van der Waals surface area contributed by atoms with Crippen LogP contribution in [0, 0.1) is 16.3 Å². The van der Waals surface area contributed by atoms with E-state index in [0.29, 0.717) is 37.3 Å². The van der Waals surface area contributed by atoms with Gasteiger partial charge in [-0.3, -0.25) is 9.69 Å². The Balaban J connectivity index is 2.39. The summed E-state index contributed by atoms with van der Waals surface area (Å²) < 4.78 is 15.2.